The number of halogens is 2. The highest BCUT2D eigenvalue weighted by atomic mass is 35.5. The fourth-order valence-electron chi connectivity index (χ4n) is 4.36. The summed E-state index contributed by atoms with van der Waals surface area (Å²) in [5, 5.41) is 6.46. The van der Waals surface area contributed by atoms with Gasteiger partial charge in [0.25, 0.3) is 0 Å². The Morgan fingerprint density at radius 2 is 1.74 bits per heavy atom. The molecule has 4 rings (SSSR count). The molecule has 27 heavy (non-hydrogen) atoms. The fraction of sp³-hybridized carbons (Fsp3) is 0.381. The van der Waals surface area contributed by atoms with E-state index in [1.54, 1.807) is 12.1 Å². The zero-order valence-electron chi connectivity index (χ0n) is 15.0. The first-order valence-corrected chi connectivity index (χ1v) is 9.78. The Hall–Kier alpha value is -2.11. The molecule has 4 nitrogen and oxygen atoms in total. The first-order chi connectivity index (χ1) is 13.1. The van der Waals surface area contributed by atoms with Crippen LogP contribution in [0, 0.1) is 5.82 Å². The minimum atomic E-state index is -0.209. The largest absolute Gasteiger partial charge is 0.335 e. The average Bonchev–Trinajstić information content (AvgIpc) is 2.87. The van der Waals surface area contributed by atoms with Gasteiger partial charge in [0.2, 0.25) is 0 Å². The molecule has 0 aromatic heterocycles. The van der Waals surface area contributed by atoms with Crippen molar-refractivity contribution in [3.63, 3.8) is 0 Å². The number of anilines is 1. The van der Waals surface area contributed by atoms with Crippen molar-refractivity contribution in [2.24, 2.45) is 0 Å². The van der Waals surface area contributed by atoms with E-state index in [1.165, 1.54) is 12.1 Å². The van der Waals surface area contributed by atoms with Crippen LogP contribution in [0.5, 0.6) is 0 Å². The lowest BCUT2D eigenvalue weighted by Crippen LogP contribution is -2.50. The number of nitrogens with zero attached hydrogens (tertiary/aromatic N) is 1. The second kappa shape index (κ2) is 7.87. The van der Waals surface area contributed by atoms with Crippen molar-refractivity contribution in [2.75, 3.05) is 5.32 Å². The summed E-state index contributed by atoms with van der Waals surface area (Å²) in [6, 6.07) is 14.8. The summed E-state index contributed by atoms with van der Waals surface area (Å²) in [6.45, 7) is 0.841. The van der Waals surface area contributed by atoms with Crippen molar-refractivity contribution in [3.05, 3.63) is 64.9 Å². The van der Waals surface area contributed by atoms with Gasteiger partial charge in [0.1, 0.15) is 5.82 Å². The van der Waals surface area contributed by atoms with Crippen LogP contribution in [0.2, 0.25) is 5.02 Å². The molecule has 2 aliphatic heterocycles. The molecule has 142 valence electrons. The number of amides is 2. The van der Waals surface area contributed by atoms with Crippen molar-refractivity contribution < 1.29 is 9.18 Å². The molecular weight excluding hydrogens is 365 g/mol. The number of para-hydroxylation sites is 1. The van der Waals surface area contributed by atoms with Crippen LogP contribution < -0.4 is 10.6 Å². The predicted molar refractivity (Wildman–Crippen MR) is 105 cm³/mol. The molecular formula is C21H23ClFN3O. The summed E-state index contributed by atoms with van der Waals surface area (Å²) in [5.41, 5.74) is 1.75. The molecule has 0 spiro atoms. The number of nitrogens with one attached hydrogen (secondary N) is 2. The van der Waals surface area contributed by atoms with Crippen molar-refractivity contribution in [1.82, 2.24) is 10.2 Å². The summed E-state index contributed by atoms with van der Waals surface area (Å²) in [4.78, 5) is 14.9. The molecule has 2 fully saturated rings. The van der Waals surface area contributed by atoms with Crippen molar-refractivity contribution >= 4 is 23.3 Å². The topological polar surface area (TPSA) is 44.4 Å². The molecule has 2 aromatic rings. The van der Waals surface area contributed by atoms with Gasteiger partial charge in [0, 0.05) is 24.7 Å². The third kappa shape index (κ3) is 4.25. The Bertz CT molecular complexity index is 799. The first kappa shape index (κ1) is 18.3. The van der Waals surface area contributed by atoms with Crippen molar-refractivity contribution in [1.29, 1.82) is 0 Å². The molecule has 6 heteroatoms. The van der Waals surface area contributed by atoms with Gasteiger partial charge in [-0.05, 0) is 55.5 Å². The Morgan fingerprint density at radius 3 is 2.41 bits per heavy atom. The van der Waals surface area contributed by atoms with E-state index >= 15 is 0 Å². The van der Waals surface area contributed by atoms with Crippen molar-refractivity contribution in [2.45, 2.75) is 50.4 Å². The molecule has 2 aliphatic rings. The molecule has 2 aromatic carbocycles. The molecule has 0 radical (unpaired) electrons. The van der Waals surface area contributed by atoms with Crippen LogP contribution in [-0.4, -0.2) is 29.1 Å². The van der Waals surface area contributed by atoms with Crippen LogP contribution in [0.4, 0.5) is 14.9 Å². The number of piperidine rings is 1. The van der Waals surface area contributed by atoms with Crippen LogP contribution in [0.25, 0.3) is 0 Å². The van der Waals surface area contributed by atoms with E-state index in [-0.39, 0.29) is 17.9 Å². The van der Waals surface area contributed by atoms with E-state index in [9.17, 15) is 9.18 Å². The standard InChI is InChI=1S/C21H23ClFN3O/c22-19-3-1-2-4-20(19)25-21(27)24-16-11-17-9-10-18(12-16)26(17)13-14-5-7-15(23)8-6-14/h1-8,16-18H,9-13H2,(H2,24,25,27)/t16?,17-,18+. The quantitative estimate of drug-likeness (QED) is 0.791. The van der Waals surface area contributed by atoms with Crippen LogP contribution in [-0.2, 0) is 6.54 Å². The molecule has 2 N–H and O–H groups in total. The van der Waals surface area contributed by atoms with E-state index in [1.807, 2.05) is 24.3 Å². The zero-order chi connectivity index (χ0) is 18.8. The zero-order valence-corrected chi connectivity index (χ0v) is 15.8. The number of hydrogen-bond acceptors (Lipinski definition) is 2. The summed E-state index contributed by atoms with van der Waals surface area (Å²) in [5.74, 6) is -0.200. The van der Waals surface area contributed by atoms with Gasteiger partial charge >= 0.3 is 6.03 Å². The summed E-state index contributed by atoms with van der Waals surface area (Å²) in [6.07, 6.45) is 4.17. The number of carbonyl (C=O) groups is 1. The average molecular weight is 388 g/mol. The number of hydrogen-bond donors (Lipinski definition) is 2. The molecule has 2 amide bonds. The third-order valence-corrected chi connectivity index (χ3v) is 5.95. The molecule has 2 saturated heterocycles. The van der Waals surface area contributed by atoms with Crippen molar-refractivity contribution in [3.8, 4) is 0 Å². The van der Waals surface area contributed by atoms with Crippen LogP contribution >= 0.6 is 11.6 Å². The SMILES string of the molecule is O=C(Nc1ccccc1Cl)NC1C[C@H]2CC[C@@H](C1)N2Cc1ccc(F)cc1. The number of benzene rings is 2. The lowest BCUT2D eigenvalue weighted by molar-refractivity contribution is 0.112. The van der Waals surface area contributed by atoms with E-state index in [2.05, 4.69) is 15.5 Å². The lowest BCUT2D eigenvalue weighted by Gasteiger charge is -2.39. The van der Waals surface area contributed by atoms with Gasteiger partial charge in [-0.15, -0.1) is 0 Å². The Kier molecular flexibility index (Phi) is 5.32. The highest BCUT2D eigenvalue weighted by molar-refractivity contribution is 6.33. The Labute approximate surface area is 163 Å². The first-order valence-electron chi connectivity index (χ1n) is 9.41. The van der Waals surface area contributed by atoms with Gasteiger partial charge in [0.05, 0.1) is 10.7 Å². The van der Waals surface area contributed by atoms with E-state index in [4.69, 9.17) is 11.6 Å². The Morgan fingerprint density at radius 1 is 1.07 bits per heavy atom. The normalized spacial score (nSPS) is 24.6. The molecule has 0 aliphatic carbocycles. The molecule has 2 heterocycles. The van der Waals surface area contributed by atoms with Crippen LogP contribution in [0.3, 0.4) is 0 Å². The molecule has 2 bridgehead atoms. The minimum Gasteiger partial charge on any atom is -0.335 e. The summed E-state index contributed by atoms with van der Waals surface area (Å²) in [7, 11) is 0. The van der Waals surface area contributed by atoms with Gasteiger partial charge in [0.15, 0.2) is 0 Å². The molecule has 1 unspecified atom stereocenters. The maximum absolute atomic E-state index is 13.1. The smallest absolute Gasteiger partial charge is 0.319 e. The fourth-order valence-corrected chi connectivity index (χ4v) is 4.54. The minimum absolute atomic E-state index is 0.162. The number of rotatable bonds is 4. The van der Waals surface area contributed by atoms with Gasteiger partial charge in [-0.2, -0.15) is 0 Å². The maximum Gasteiger partial charge on any atom is 0.319 e. The predicted octanol–water partition coefficient (Wildman–Crippen LogP) is 4.80. The van der Waals surface area contributed by atoms with E-state index in [0.29, 0.717) is 22.8 Å². The monoisotopic (exact) mass is 387 g/mol. The second-order valence-corrected chi connectivity index (χ2v) is 7.84. The van der Waals surface area contributed by atoms with Crippen LogP contribution in [0.1, 0.15) is 31.2 Å². The Balaban J connectivity index is 1.33. The summed E-state index contributed by atoms with van der Waals surface area (Å²) < 4.78 is 13.1. The molecule has 0 saturated carbocycles. The third-order valence-electron chi connectivity index (χ3n) is 5.62. The number of urea groups is 1. The summed E-state index contributed by atoms with van der Waals surface area (Å²) >= 11 is 6.10. The number of fused-ring (bicyclic) bond motifs is 2. The van der Waals surface area contributed by atoms with Gasteiger partial charge in [-0.25, -0.2) is 9.18 Å². The second-order valence-electron chi connectivity index (χ2n) is 7.43. The van der Waals surface area contributed by atoms with Crippen LogP contribution in [0.15, 0.2) is 48.5 Å². The molecule has 3 atom stereocenters. The van der Waals surface area contributed by atoms with E-state index in [0.717, 1.165) is 37.8 Å². The maximum atomic E-state index is 13.1. The van der Waals surface area contributed by atoms with Gasteiger partial charge in [-0.3, -0.25) is 4.90 Å². The lowest BCUT2D eigenvalue weighted by atomic mass is 9.96. The van der Waals surface area contributed by atoms with Gasteiger partial charge in [-0.1, -0.05) is 35.9 Å². The van der Waals surface area contributed by atoms with E-state index < -0.39 is 0 Å². The number of carbonyl (C=O) groups excluding carboxylic acids is 1. The van der Waals surface area contributed by atoms with Gasteiger partial charge < -0.3 is 10.6 Å². The highest BCUT2D eigenvalue weighted by Gasteiger charge is 2.40. The highest BCUT2D eigenvalue weighted by Crippen LogP contribution is 2.37.